The molecule has 0 radical (unpaired) electrons. The van der Waals surface area contributed by atoms with Crippen molar-refractivity contribution >= 4 is 17.6 Å². The zero-order valence-electron chi connectivity index (χ0n) is 15.2. The second kappa shape index (κ2) is 7.99. The summed E-state index contributed by atoms with van der Waals surface area (Å²) in [7, 11) is 3.13. The first kappa shape index (κ1) is 18.6. The lowest BCUT2D eigenvalue weighted by Crippen LogP contribution is -2.25. The van der Waals surface area contributed by atoms with Gasteiger partial charge in [-0.25, -0.2) is 4.79 Å². The van der Waals surface area contributed by atoms with Crippen LogP contribution in [-0.4, -0.2) is 44.4 Å². The molecule has 7 heteroatoms. The van der Waals surface area contributed by atoms with Gasteiger partial charge in [0.15, 0.2) is 0 Å². The van der Waals surface area contributed by atoms with Crippen molar-refractivity contribution < 1.29 is 28.9 Å². The van der Waals surface area contributed by atoms with Crippen LogP contribution in [0.15, 0.2) is 42.5 Å². The highest BCUT2D eigenvalue weighted by atomic mass is 16.5. The van der Waals surface area contributed by atoms with Crippen molar-refractivity contribution in [2.45, 2.75) is 6.42 Å². The summed E-state index contributed by atoms with van der Waals surface area (Å²) in [6, 6.07) is 11.6. The Balaban J connectivity index is 1.64. The Hall–Kier alpha value is -3.22. The average molecular weight is 371 g/mol. The fourth-order valence-electron chi connectivity index (χ4n) is 3.04. The van der Waals surface area contributed by atoms with Gasteiger partial charge in [0.1, 0.15) is 17.2 Å². The minimum Gasteiger partial charge on any atom is -0.497 e. The van der Waals surface area contributed by atoms with Gasteiger partial charge < -0.3 is 24.2 Å². The van der Waals surface area contributed by atoms with Gasteiger partial charge in [-0.05, 0) is 36.4 Å². The SMILES string of the molecule is COc1ccc(N2CC(COc3ccc(C(=O)O)cc3)CC2=O)c(OC)c1. The smallest absolute Gasteiger partial charge is 0.335 e. The number of methoxy groups -OCH3 is 2. The Bertz CT molecular complexity index is 833. The van der Waals surface area contributed by atoms with Crippen LogP contribution in [0.5, 0.6) is 17.2 Å². The minimum atomic E-state index is -0.980. The van der Waals surface area contributed by atoms with E-state index >= 15 is 0 Å². The molecule has 0 aliphatic carbocycles. The molecule has 1 unspecified atom stereocenters. The molecular formula is C20H21NO6. The van der Waals surface area contributed by atoms with E-state index in [2.05, 4.69) is 0 Å². The van der Waals surface area contributed by atoms with Crippen molar-refractivity contribution in [1.82, 2.24) is 0 Å². The molecule has 1 N–H and O–H groups in total. The van der Waals surface area contributed by atoms with Crippen molar-refractivity contribution in [3.05, 3.63) is 48.0 Å². The first-order chi connectivity index (χ1) is 13.0. The number of ether oxygens (including phenoxy) is 3. The van der Waals surface area contributed by atoms with Gasteiger partial charge in [-0.2, -0.15) is 0 Å². The molecule has 1 heterocycles. The highest BCUT2D eigenvalue weighted by Crippen LogP contribution is 2.35. The maximum Gasteiger partial charge on any atom is 0.335 e. The van der Waals surface area contributed by atoms with E-state index in [1.165, 1.54) is 12.1 Å². The number of hydrogen-bond acceptors (Lipinski definition) is 5. The first-order valence-electron chi connectivity index (χ1n) is 8.50. The number of nitrogens with zero attached hydrogens (tertiary/aromatic N) is 1. The number of aromatic carboxylic acids is 1. The largest absolute Gasteiger partial charge is 0.497 e. The number of carboxylic acids is 1. The summed E-state index contributed by atoms with van der Waals surface area (Å²) >= 11 is 0. The molecule has 1 atom stereocenters. The second-order valence-electron chi connectivity index (χ2n) is 6.25. The molecule has 1 saturated heterocycles. The van der Waals surface area contributed by atoms with E-state index in [4.69, 9.17) is 19.3 Å². The predicted octanol–water partition coefficient (Wildman–Crippen LogP) is 2.83. The highest BCUT2D eigenvalue weighted by molar-refractivity contribution is 5.97. The first-order valence-corrected chi connectivity index (χ1v) is 8.50. The van der Waals surface area contributed by atoms with Gasteiger partial charge in [0, 0.05) is 24.9 Å². The number of carbonyl (C=O) groups excluding carboxylic acids is 1. The zero-order chi connectivity index (χ0) is 19.4. The Kier molecular flexibility index (Phi) is 5.49. The van der Waals surface area contributed by atoms with Gasteiger partial charge in [-0.3, -0.25) is 4.79 Å². The molecule has 0 spiro atoms. The number of amides is 1. The zero-order valence-corrected chi connectivity index (χ0v) is 15.2. The summed E-state index contributed by atoms with van der Waals surface area (Å²) in [6.45, 7) is 0.891. The average Bonchev–Trinajstić information content (AvgIpc) is 3.06. The summed E-state index contributed by atoms with van der Waals surface area (Å²) in [5.74, 6) is 0.872. The Morgan fingerprint density at radius 1 is 1.11 bits per heavy atom. The standard InChI is InChI=1S/C20H21NO6/c1-25-16-7-8-17(18(10-16)26-2)21-11-13(9-19(21)22)12-27-15-5-3-14(4-6-15)20(23)24/h3-8,10,13H,9,11-12H2,1-2H3,(H,23,24). The summed E-state index contributed by atoms with van der Waals surface area (Å²) in [6.07, 6.45) is 0.377. The summed E-state index contributed by atoms with van der Waals surface area (Å²) < 4.78 is 16.3. The van der Waals surface area contributed by atoms with Crippen LogP contribution in [0.3, 0.4) is 0 Å². The third-order valence-electron chi connectivity index (χ3n) is 4.47. The predicted molar refractivity (Wildman–Crippen MR) is 98.9 cm³/mol. The van der Waals surface area contributed by atoms with Crippen LogP contribution in [0.25, 0.3) is 0 Å². The lowest BCUT2D eigenvalue weighted by atomic mass is 10.1. The molecule has 0 aromatic heterocycles. The van der Waals surface area contributed by atoms with Crippen LogP contribution >= 0.6 is 0 Å². The number of benzene rings is 2. The van der Waals surface area contributed by atoms with E-state index in [0.29, 0.717) is 42.5 Å². The number of carbonyl (C=O) groups is 2. The quantitative estimate of drug-likeness (QED) is 0.806. The van der Waals surface area contributed by atoms with Crippen LogP contribution in [0.4, 0.5) is 5.69 Å². The van der Waals surface area contributed by atoms with Crippen LogP contribution < -0.4 is 19.1 Å². The molecular weight excluding hydrogens is 350 g/mol. The molecule has 27 heavy (non-hydrogen) atoms. The molecule has 0 bridgehead atoms. The lowest BCUT2D eigenvalue weighted by molar-refractivity contribution is -0.117. The third kappa shape index (κ3) is 4.13. The molecule has 1 amide bonds. The molecule has 2 aromatic carbocycles. The molecule has 3 rings (SSSR count). The van der Waals surface area contributed by atoms with E-state index in [0.717, 1.165) is 0 Å². The van der Waals surface area contributed by atoms with Crippen LogP contribution in [-0.2, 0) is 4.79 Å². The maximum absolute atomic E-state index is 12.5. The van der Waals surface area contributed by atoms with Gasteiger partial charge >= 0.3 is 5.97 Å². The molecule has 142 valence electrons. The van der Waals surface area contributed by atoms with E-state index in [1.54, 1.807) is 43.4 Å². The lowest BCUT2D eigenvalue weighted by Gasteiger charge is -2.20. The summed E-state index contributed by atoms with van der Waals surface area (Å²) in [5.41, 5.74) is 0.910. The normalized spacial score (nSPS) is 16.3. The topological polar surface area (TPSA) is 85.3 Å². The Morgan fingerprint density at radius 2 is 1.81 bits per heavy atom. The molecule has 1 aliphatic rings. The Morgan fingerprint density at radius 3 is 2.44 bits per heavy atom. The minimum absolute atomic E-state index is 0.00768. The van der Waals surface area contributed by atoms with Gasteiger partial charge in [-0.1, -0.05) is 0 Å². The Labute approximate surface area is 157 Å². The van der Waals surface area contributed by atoms with E-state index in [-0.39, 0.29) is 17.4 Å². The van der Waals surface area contributed by atoms with E-state index in [1.807, 2.05) is 6.07 Å². The highest BCUT2D eigenvalue weighted by Gasteiger charge is 2.32. The summed E-state index contributed by atoms with van der Waals surface area (Å²) in [4.78, 5) is 25.0. The molecule has 0 saturated carbocycles. The van der Waals surface area contributed by atoms with Crippen molar-refractivity contribution in [3.63, 3.8) is 0 Å². The second-order valence-corrected chi connectivity index (χ2v) is 6.25. The van der Waals surface area contributed by atoms with E-state index < -0.39 is 5.97 Å². The van der Waals surface area contributed by atoms with Gasteiger partial charge in [-0.15, -0.1) is 0 Å². The van der Waals surface area contributed by atoms with Gasteiger partial charge in [0.05, 0.1) is 32.1 Å². The number of anilines is 1. The van der Waals surface area contributed by atoms with Crippen LogP contribution in [0.1, 0.15) is 16.8 Å². The fourth-order valence-corrected chi connectivity index (χ4v) is 3.04. The number of rotatable bonds is 7. The maximum atomic E-state index is 12.5. The molecule has 1 aliphatic heterocycles. The summed E-state index contributed by atoms with van der Waals surface area (Å²) in [5, 5.41) is 8.92. The van der Waals surface area contributed by atoms with E-state index in [9.17, 15) is 9.59 Å². The monoisotopic (exact) mass is 371 g/mol. The van der Waals surface area contributed by atoms with Crippen LogP contribution in [0.2, 0.25) is 0 Å². The molecule has 7 nitrogen and oxygen atoms in total. The number of hydrogen-bond donors (Lipinski definition) is 1. The van der Waals surface area contributed by atoms with Crippen molar-refractivity contribution in [2.75, 3.05) is 32.3 Å². The van der Waals surface area contributed by atoms with Crippen molar-refractivity contribution in [2.24, 2.45) is 5.92 Å². The fraction of sp³-hybridized carbons (Fsp3) is 0.300. The molecule has 1 fully saturated rings. The van der Waals surface area contributed by atoms with Gasteiger partial charge in [0.25, 0.3) is 0 Å². The van der Waals surface area contributed by atoms with Crippen LogP contribution in [0, 0.1) is 5.92 Å². The van der Waals surface area contributed by atoms with Crippen molar-refractivity contribution in [3.8, 4) is 17.2 Å². The number of carboxylic acid groups (broad SMARTS) is 1. The third-order valence-corrected chi connectivity index (χ3v) is 4.47. The molecule has 2 aromatic rings. The van der Waals surface area contributed by atoms with Crippen molar-refractivity contribution in [1.29, 1.82) is 0 Å². The van der Waals surface area contributed by atoms with Gasteiger partial charge in [0.2, 0.25) is 5.91 Å².